The minimum absolute atomic E-state index is 0.211. The van der Waals surface area contributed by atoms with E-state index in [-0.39, 0.29) is 17.7 Å². The van der Waals surface area contributed by atoms with E-state index in [2.05, 4.69) is 10.3 Å². The summed E-state index contributed by atoms with van der Waals surface area (Å²) < 4.78 is 5.88. The molecule has 1 N–H and O–H groups in total. The molecule has 5 nitrogen and oxygen atoms in total. The molecule has 0 radical (unpaired) electrons. The van der Waals surface area contributed by atoms with Gasteiger partial charge < -0.3 is 10.1 Å². The highest BCUT2D eigenvalue weighted by Gasteiger charge is 2.23. The molecule has 0 bridgehead atoms. The third-order valence-corrected chi connectivity index (χ3v) is 5.28. The number of carbonyl (C=O) groups excluding carboxylic acids is 2. The number of carbonyl (C=O) groups is 2. The van der Waals surface area contributed by atoms with Gasteiger partial charge in [-0.25, -0.2) is 0 Å². The van der Waals surface area contributed by atoms with Crippen LogP contribution >= 0.6 is 46.6 Å². The van der Waals surface area contributed by atoms with Gasteiger partial charge in [-0.3, -0.25) is 9.59 Å². The SMILES string of the molecule is CC(=O)NC1=NC(=O)/C(=C/c2cc(Cl)ccc2OCc2ccc(Cl)cc2Cl)S1. The molecule has 0 fully saturated rings. The number of amidine groups is 1. The van der Waals surface area contributed by atoms with Crippen molar-refractivity contribution in [1.29, 1.82) is 0 Å². The van der Waals surface area contributed by atoms with E-state index in [1.54, 1.807) is 42.5 Å². The van der Waals surface area contributed by atoms with Crippen LogP contribution in [0.1, 0.15) is 18.1 Å². The average molecular weight is 456 g/mol. The Hall–Kier alpha value is -1.99. The zero-order valence-corrected chi connectivity index (χ0v) is 17.5. The lowest BCUT2D eigenvalue weighted by atomic mass is 10.1. The third kappa shape index (κ3) is 5.29. The van der Waals surface area contributed by atoms with Gasteiger partial charge in [0.05, 0.1) is 4.91 Å². The Morgan fingerprint density at radius 2 is 1.89 bits per heavy atom. The summed E-state index contributed by atoms with van der Waals surface area (Å²) in [5.41, 5.74) is 1.37. The van der Waals surface area contributed by atoms with Crippen LogP contribution in [0.15, 0.2) is 46.3 Å². The summed E-state index contributed by atoms with van der Waals surface area (Å²) in [7, 11) is 0. The van der Waals surface area contributed by atoms with Crippen molar-refractivity contribution in [2.24, 2.45) is 4.99 Å². The summed E-state index contributed by atoms with van der Waals surface area (Å²) in [6, 6.07) is 10.2. The van der Waals surface area contributed by atoms with Gasteiger partial charge >= 0.3 is 0 Å². The topological polar surface area (TPSA) is 67.8 Å². The fraction of sp³-hybridized carbons (Fsp3) is 0.105. The zero-order chi connectivity index (χ0) is 20.3. The number of nitrogens with one attached hydrogen (secondary N) is 1. The summed E-state index contributed by atoms with van der Waals surface area (Å²) >= 11 is 19.3. The van der Waals surface area contributed by atoms with Crippen molar-refractivity contribution in [2.75, 3.05) is 0 Å². The highest BCUT2D eigenvalue weighted by atomic mass is 35.5. The number of hydrogen-bond acceptors (Lipinski definition) is 4. The molecule has 3 rings (SSSR count). The quantitative estimate of drug-likeness (QED) is 0.633. The van der Waals surface area contributed by atoms with Crippen LogP contribution in [0.3, 0.4) is 0 Å². The number of hydrogen-bond donors (Lipinski definition) is 1. The molecule has 0 atom stereocenters. The van der Waals surface area contributed by atoms with Gasteiger partial charge in [-0.1, -0.05) is 40.9 Å². The molecular formula is C19H13Cl3N2O3S. The predicted molar refractivity (Wildman–Crippen MR) is 114 cm³/mol. The van der Waals surface area contributed by atoms with Crippen molar-refractivity contribution in [2.45, 2.75) is 13.5 Å². The highest BCUT2D eigenvalue weighted by molar-refractivity contribution is 8.18. The number of thioether (sulfide) groups is 1. The van der Waals surface area contributed by atoms with Gasteiger partial charge in [0.2, 0.25) is 5.91 Å². The third-order valence-electron chi connectivity index (χ3n) is 3.56. The van der Waals surface area contributed by atoms with Crippen LogP contribution in [0.2, 0.25) is 15.1 Å². The van der Waals surface area contributed by atoms with E-state index < -0.39 is 5.91 Å². The number of rotatable bonds is 4. The van der Waals surface area contributed by atoms with Crippen LogP contribution < -0.4 is 10.1 Å². The highest BCUT2D eigenvalue weighted by Crippen LogP contribution is 2.32. The van der Waals surface area contributed by atoms with Gasteiger partial charge in [0.25, 0.3) is 5.91 Å². The Bertz CT molecular complexity index is 1020. The zero-order valence-electron chi connectivity index (χ0n) is 14.5. The Morgan fingerprint density at radius 3 is 2.61 bits per heavy atom. The molecule has 144 valence electrons. The molecule has 1 aliphatic heterocycles. The van der Waals surface area contributed by atoms with Crippen molar-refractivity contribution < 1.29 is 14.3 Å². The van der Waals surface area contributed by atoms with Crippen LogP contribution in [-0.2, 0) is 16.2 Å². The van der Waals surface area contributed by atoms with Crippen molar-refractivity contribution in [3.63, 3.8) is 0 Å². The minimum atomic E-state index is -0.444. The Morgan fingerprint density at radius 1 is 1.18 bits per heavy atom. The summed E-state index contributed by atoms with van der Waals surface area (Å²) in [5.74, 6) is -0.225. The number of nitrogens with zero attached hydrogens (tertiary/aromatic N) is 1. The van der Waals surface area contributed by atoms with Crippen molar-refractivity contribution in [3.8, 4) is 5.75 Å². The maximum absolute atomic E-state index is 12.1. The second kappa shape index (κ2) is 9.01. The fourth-order valence-electron chi connectivity index (χ4n) is 2.31. The first-order valence-electron chi connectivity index (χ1n) is 7.98. The smallest absolute Gasteiger partial charge is 0.286 e. The van der Waals surface area contributed by atoms with Crippen molar-refractivity contribution in [1.82, 2.24) is 5.32 Å². The first kappa shape index (κ1) is 20.7. The molecular weight excluding hydrogens is 443 g/mol. The molecule has 0 aliphatic carbocycles. The molecule has 2 aromatic carbocycles. The second-order valence-electron chi connectivity index (χ2n) is 5.72. The number of aliphatic imine (C=N–C) groups is 1. The molecule has 1 aliphatic rings. The van der Waals surface area contributed by atoms with E-state index in [4.69, 9.17) is 39.5 Å². The summed E-state index contributed by atoms with van der Waals surface area (Å²) in [4.78, 5) is 27.4. The molecule has 28 heavy (non-hydrogen) atoms. The van der Waals surface area contributed by atoms with Crippen molar-refractivity contribution in [3.05, 3.63) is 67.5 Å². The molecule has 0 spiro atoms. The van der Waals surface area contributed by atoms with Crippen molar-refractivity contribution >= 4 is 69.6 Å². The van der Waals surface area contributed by atoms with Crippen LogP contribution in [0.25, 0.3) is 6.08 Å². The molecule has 0 aromatic heterocycles. The normalized spacial score (nSPS) is 14.9. The minimum Gasteiger partial charge on any atom is -0.488 e. The number of amides is 2. The Labute approximate surface area is 180 Å². The standard InChI is InChI=1S/C19H13Cl3N2O3S/c1-10(25)23-19-24-18(26)17(28-19)7-12-6-13(20)4-5-16(12)27-9-11-2-3-14(21)8-15(11)22/h2-8H,9H2,1H3,(H,23,24,25,26)/b17-7-. The molecule has 9 heteroatoms. The van der Waals surface area contributed by atoms with E-state index >= 15 is 0 Å². The first-order valence-corrected chi connectivity index (χ1v) is 9.93. The van der Waals surface area contributed by atoms with Gasteiger partial charge in [-0.15, -0.1) is 0 Å². The number of ether oxygens (including phenoxy) is 1. The maximum Gasteiger partial charge on any atom is 0.286 e. The van der Waals surface area contributed by atoms with Gasteiger partial charge in [-0.2, -0.15) is 4.99 Å². The lowest BCUT2D eigenvalue weighted by Crippen LogP contribution is -2.23. The number of halogens is 3. The molecule has 0 unspecified atom stereocenters. The first-order chi connectivity index (χ1) is 13.3. The summed E-state index contributed by atoms with van der Waals surface area (Å²) in [6.07, 6.45) is 1.62. The van der Waals surface area contributed by atoms with Gasteiger partial charge in [0, 0.05) is 33.1 Å². The maximum atomic E-state index is 12.1. The molecule has 2 aromatic rings. The Balaban J connectivity index is 1.81. The Kier molecular flexibility index (Phi) is 6.67. The van der Waals surface area contributed by atoms with Crippen LogP contribution in [0, 0.1) is 0 Å². The number of benzene rings is 2. The van der Waals surface area contributed by atoms with Crippen LogP contribution in [0.5, 0.6) is 5.75 Å². The molecule has 1 heterocycles. The monoisotopic (exact) mass is 454 g/mol. The van der Waals surface area contributed by atoms with E-state index in [0.717, 1.165) is 17.3 Å². The molecule has 0 saturated carbocycles. The second-order valence-corrected chi connectivity index (χ2v) is 8.03. The largest absolute Gasteiger partial charge is 0.488 e. The van der Waals surface area contributed by atoms with E-state index in [1.807, 2.05) is 0 Å². The molecule has 2 amide bonds. The van der Waals surface area contributed by atoms with Gasteiger partial charge in [-0.05, 0) is 48.2 Å². The summed E-state index contributed by atoms with van der Waals surface area (Å²) in [6.45, 7) is 1.56. The van der Waals surface area contributed by atoms with E-state index in [1.165, 1.54) is 6.92 Å². The fourth-order valence-corrected chi connectivity index (χ4v) is 3.81. The van der Waals surface area contributed by atoms with Crippen LogP contribution in [-0.4, -0.2) is 17.0 Å². The van der Waals surface area contributed by atoms with Gasteiger partial charge in [0.15, 0.2) is 5.17 Å². The van der Waals surface area contributed by atoms with E-state index in [9.17, 15) is 9.59 Å². The molecule has 0 saturated heterocycles. The van der Waals surface area contributed by atoms with Gasteiger partial charge in [0.1, 0.15) is 12.4 Å². The summed E-state index contributed by atoms with van der Waals surface area (Å²) in [5, 5.41) is 4.26. The lowest BCUT2D eigenvalue weighted by Gasteiger charge is -2.11. The lowest BCUT2D eigenvalue weighted by molar-refractivity contribution is -0.117. The van der Waals surface area contributed by atoms with Crippen LogP contribution in [0.4, 0.5) is 0 Å². The average Bonchev–Trinajstić information content (AvgIpc) is 2.94. The predicted octanol–water partition coefficient (Wildman–Crippen LogP) is 5.33. The van der Waals surface area contributed by atoms with E-state index in [0.29, 0.717) is 31.3 Å².